The molecule has 2 atom stereocenters. The third kappa shape index (κ3) is 4.40. The van der Waals surface area contributed by atoms with Gasteiger partial charge in [0, 0.05) is 6.54 Å². The van der Waals surface area contributed by atoms with Crippen molar-refractivity contribution < 1.29 is 14.3 Å². The highest BCUT2D eigenvalue weighted by Crippen LogP contribution is 2.36. The van der Waals surface area contributed by atoms with Crippen LogP contribution in [0.15, 0.2) is 54.6 Å². The van der Waals surface area contributed by atoms with Crippen molar-refractivity contribution in [3.05, 3.63) is 65.2 Å². The summed E-state index contributed by atoms with van der Waals surface area (Å²) in [6, 6.07) is 16.7. The Hall–Kier alpha value is -2.93. The molecule has 4 rings (SSSR count). The fourth-order valence-electron chi connectivity index (χ4n) is 3.57. The topological polar surface area (TPSA) is 71.5 Å². The van der Waals surface area contributed by atoms with E-state index in [0.717, 1.165) is 33.6 Å². The lowest BCUT2D eigenvalue weighted by Crippen LogP contribution is -2.46. The molecule has 2 aromatic carbocycles. The number of alkyl carbamates (subject to hydrolysis) is 1. The Morgan fingerprint density at radius 2 is 1.97 bits per heavy atom. The number of para-hydroxylation sites is 1. The number of hydrogen-bond acceptors (Lipinski definition) is 5. The first kappa shape index (κ1) is 19.4. The van der Waals surface area contributed by atoms with Crippen molar-refractivity contribution in [3.8, 4) is 0 Å². The van der Waals surface area contributed by atoms with Crippen LogP contribution in [-0.2, 0) is 16.1 Å². The second-order valence-corrected chi connectivity index (χ2v) is 8.20. The van der Waals surface area contributed by atoms with Gasteiger partial charge in [-0.1, -0.05) is 42.5 Å². The third-order valence-corrected chi connectivity index (χ3v) is 6.19. The number of rotatable bonds is 5. The van der Waals surface area contributed by atoms with Crippen LogP contribution in [0.1, 0.15) is 36.4 Å². The molecule has 0 unspecified atom stereocenters. The number of carbonyl (C=O) groups is 2. The SMILES string of the molecule is C[C@@H](NC(=O)OCc1ccccc1)C(=O)N1CCC[C@H]1c1nc2ccccc2s1. The van der Waals surface area contributed by atoms with Crippen molar-refractivity contribution >= 4 is 33.6 Å². The molecule has 0 saturated carbocycles. The molecule has 29 heavy (non-hydrogen) atoms. The molecule has 0 aliphatic carbocycles. The number of ether oxygens (including phenoxy) is 1. The average molecular weight is 410 g/mol. The number of nitrogens with one attached hydrogen (secondary N) is 1. The van der Waals surface area contributed by atoms with Gasteiger partial charge in [0.1, 0.15) is 17.7 Å². The quantitative estimate of drug-likeness (QED) is 0.683. The summed E-state index contributed by atoms with van der Waals surface area (Å²) in [4.78, 5) is 31.6. The molecule has 6 nitrogen and oxygen atoms in total. The Kier molecular flexibility index (Phi) is 5.76. The first-order valence-electron chi connectivity index (χ1n) is 9.75. The number of likely N-dealkylation sites (tertiary alicyclic amines) is 1. The van der Waals surface area contributed by atoms with Gasteiger partial charge in [0.25, 0.3) is 0 Å². The number of nitrogens with zero attached hydrogens (tertiary/aromatic N) is 2. The minimum atomic E-state index is -0.659. The van der Waals surface area contributed by atoms with Crippen LogP contribution in [0.5, 0.6) is 0 Å². The van der Waals surface area contributed by atoms with Crippen molar-refractivity contribution in [2.24, 2.45) is 0 Å². The molecule has 0 spiro atoms. The third-order valence-electron chi connectivity index (χ3n) is 5.05. The van der Waals surface area contributed by atoms with E-state index in [1.54, 1.807) is 18.3 Å². The molecule has 3 aromatic rings. The molecular formula is C22H23N3O3S. The molecule has 1 N–H and O–H groups in total. The van der Waals surface area contributed by atoms with E-state index in [0.29, 0.717) is 6.54 Å². The summed E-state index contributed by atoms with van der Waals surface area (Å²) in [5, 5.41) is 3.61. The summed E-state index contributed by atoms with van der Waals surface area (Å²) in [6.45, 7) is 2.54. The predicted molar refractivity (Wildman–Crippen MR) is 113 cm³/mol. The molecule has 0 bridgehead atoms. The minimum absolute atomic E-state index is 0.0375. The first-order valence-corrected chi connectivity index (χ1v) is 10.6. The van der Waals surface area contributed by atoms with E-state index < -0.39 is 12.1 Å². The zero-order valence-corrected chi connectivity index (χ0v) is 17.0. The van der Waals surface area contributed by atoms with E-state index >= 15 is 0 Å². The van der Waals surface area contributed by atoms with Gasteiger partial charge in [-0.05, 0) is 37.5 Å². The lowest BCUT2D eigenvalue weighted by atomic mass is 10.2. The highest BCUT2D eigenvalue weighted by atomic mass is 32.1. The maximum Gasteiger partial charge on any atom is 0.408 e. The summed E-state index contributed by atoms with van der Waals surface area (Å²) in [5.74, 6) is -0.108. The van der Waals surface area contributed by atoms with E-state index in [2.05, 4.69) is 5.32 Å². The average Bonchev–Trinajstić information content (AvgIpc) is 3.39. The monoisotopic (exact) mass is 409 g/mol. The zero-order chi connectivity index (χ0) is 20.2. The van der Waals surface area contributed by atoms with Gasteiger partial charge < -0.3 is 15.0 Å². The summed E-state index contributed by atoms with van der Waals surface area (Å²) >= 11 is 1.63. The van der Waals surface area contributed by atoms with Gasteiger partial charge in [0.05, 0.1) is 16.3 Å². The lowest BCUT2D eigenvalue weighted by Gasteiger charge is -2.26. The Balaban J connectivity index is 1.37. The fourth-order valence-corrected chi connectivity index (χ4v) is 4.69. The molecule has 1 saturated heterocycles. The fraction of sp³-hybridized carbons (Fsp3) is 0.318. The van der Waals surface area contributed by atoms with E-state index in [1.807, 2.05) is 59.5 Å². The van der Waals surface area contributed by atoms with Gasteiger partial charge in [0.15, 0.2) is 0 Å². The summed E-state index contributed by atoms with van der Waals surface area (Å²) in [5.41, 5.74) is 1.86. The first-order chi connectivity index (χ1) is 14.1. The van der Waals surface area contributed by atoms with Crippen LogP contribution in [0.4, 0.5) is 4.79 Å². The second-order valence-electron chi connectivity index (χ2n) is 7.14. The predicted octanol–water partition coefficient (Wildman–Crippen LogP) is 4.27. The Labute approximate surface area is 173 Å². The molecule has 0 radical (unpaired) electrons. The maximum absolute atomic E-state index is 13.0. The number of aromatic nitrogens is 1. The van der Waals surface area contributed by atoms with Crippen molar-refractivity contribution in [2.45, 2.75) is 38.5 Å². The number of amides is 2. The number of hydrogen-bond donors (Lipinski definition) is 1. The molecule has 1 aromatic heterocycles. The molecule has 7 heteroatoms. The smallest absolute Gasteiger partial charge is 0.408 e. The number of fused-ring (bicyclic) bond motifs is 1. The van der Waals surface area contributed by atoms with E-state index in [-0.39, 0.29) is 18.6 Å². The van der Waals surface area contributed by atoms with Gasteiger partial charge in [-0.3, -0.25) is 4.79 Å². The molecule has 150 valence electrons. The van der Waals surface area contributed by atoms with Gasteiger partial charge >= 0.3 is 6.09 Å². The second kappa shape index (κ2) is 8.61. The lowest BCUT2D eigenvalue weighted by molar-refractivity contribution is -0.133. The van der Waals surface area contributed by atoms with E-state index in [9.17, 15) is 9.59 Å². The van der Waals surface area contributed by atoms with Gasteiger partial charge in [0.2, 0.25) is 5.91 Å². The Morgan fingerprint density at radius 1 is 1.21 bits per heavy atom. The van der Waals surface area contributed by atoms with Crippen LogP contribution in [0.3, 0.4) is 0 Å². The van der Waals surface area contributed by atoms with Gasteiger partial charge in [-0.2, -0.15) is 0 Å². The highest BCUT2D eigenvalue weighted by Gasteiger charge is 2.34. The highest BCUT2D eigenvalue weighted by molar-refractivity contribution is 7.18. The number of thiazole rings is 1. The number of carbonyl (C=O) groups excluding carboxylic acids is 2. The maximum atomic E-state index is 13.0. The molecule has 2 amide bonds. The number of benzene rings is 2. The van der Waals surface area contributed by atoms with E-state index in [1.165, 1.54) is 0 Å². The van der Waals surface area contributed by atoms with Crippen LogP contribution >= 0.6 is 11.3 Å². The van der Waals surface area contributed by atoms with Crippen LogP contribution < -0.4 is 5.32 Å². The van der Waals surface area contributed by atoms with Crippen molar-refractivity contribution in [1.82, 2.24) is 15.2 Å². The van der Waals surface area contributed by atoms with Crippen LogP contribution in [-0.4, -0.2) is 34.5 Å². The van der Waals surface area contributed by atoms with Gasteiger partial charge in [-0.25, -0.2) is 9.78 Å². The summed E-state index contributed by atoms with van der Waals surface area (Å²) in [7, 11) is 0. The van der Waals surface area contributed by atoms with Crippen LogP contribution in [0.25, 0.3) is 10.2 Å². The van der Waals surface area contributed by atoms with Crippen LogP contribution in [0.2, 0.25) is 0 Å². The normalized spacial score (nSPS) is 17.3. The molecular weight excluding hydrogens is 386 g/mol. The largest absolute Gasteiger partial charge is 0.445 e. The molecule has 1 aliphatic rings. The molecule has 1 fully saturated rings. The van der Waals surface area contributed by atoms with Crippen molar-refractivity contribution in [2.75, 3.05) is 6.54 Å². The molecule has 1 aliphatic heterocycles. The van der Waals surface area contributed by atoms with Crippen molar-refractivity contribution in [1.29, 1.82) is 0 Å². The van der Waals surface area contributed by atoms with Gasteiger partial charge in [-0.15, -0.1) is 11.3 Å². The Morgan fingerprint density at radius 3 is 2.76 bits per heavy atom. The summed E-state index contributed by atoms with van der Waals surface area (Å²) < 4.78 is 6.35. The van der Waals surface area contributed by atoms with Crippen molar-refractivity contribution in [3.63, 3.8) is 0 Å². The van der Waals surface area contributed by atoms with E-state index in [4.69, 9.17) is 9.72 Å². The minimum Gasteiger partial charge on any atom is -0.445 e. The molecule has 2 heterocycles. The summed E-state index contributed by atoms with van der Waals surface area (Å²) in [6.07, 6.45) is 1.22. The standard InChI is InChI=1S/C22H23N3O3S/c1-15(23-22(27)28-14-16-8-3-2-4-9-16)21(26)25-13-7-11-18(25)20-24-17-10-5-6-12-19(17)29-20/h2-6,8-10,12,15,18H,7,11,13-14H2,1H3,(H,23,27)/t15-,18+/m1/s1. The van der Waals surface area contributed by atoms with Crippen LogP contribution in [0, 0.1) is 0 Å². The Bertz CT molecular complexity index is 972. The zero-order valence-electron chi connectivity index (χ0n) is 16.2.